The second kappa shape index (κ2) is 5.25. The van der Waals surface area contributed by atoms with E-state index in [2.05, 4.69) is 5.10 Å². The van der Waals surface area contributed by atoms with Gasteiger partial charge in [0, 0.05) is 11.4 Å². The summed E-state index contributed by atoms with van der Waals surface area (Å²) in [5.41, 5.74) is 3.31. The van der Waals surface area contributed by atoms with Crippen LogP contribution < -0.4 is 5.56 Å². The third-order valence-corrected chi connectivity index (χ3v) is 3.93. The van der Waals surface area contributed by atoms with Gasteiger partial charge in [-0.2, -0.15) is 4.68 Å². The van der Waals surface area contributed by atoms with E-state index in [0.29, 0.717) is 11.4 Å². The molecule has 0 unspecified atom stereocenters. The van der Waals surface area contributed by atoms with Gasteiger partial charge in [0.25, 0.3) is 5.56 Å². The van der Waals surface area contributed by atoms with Crippen LogP contribution in [0.4, 0.5) is 0 Å². The molecule has 0 bridgehead atoms. The first-order valence-corrected chi connectivity index (χ1v) is 7.48. The van der Waals surface area contributed by atoms with E-state index in [1.54, 1.807) is 0 Å². The van der Waals surface area contributed by atoms with E-state index < -0.39 is 0 Å². The van der Waals surface area contributed by atoms with Crippen molar-refractivity contribution in [2.45, 2.75) is 6.92 Å². The third-order valence-electron chi connectivity index (χ3n) is 3.93. The van der Waals surface area contributed by atoms with Gasteiger partial charge in [-0.1, -0.05) is 36.4 Å². The van der Waals surface area contributed by atoms with Gasteiger partial charge in [0.1, 0.15) is 0 Å². The molecule has 112 valence electrons. The van der Waals surface area contributed by atoms with Crippen molar-refractivity contribution in [3.63, 3.8) is 0 Å². The van der Waals surface area contributed by atoms with E-state index in [9.17, 15) is 4.79 Å². The van der Waals surface area contributed by atoms with Crippen LogP contribution in [0.5, 0.6) is 0 Å². The van der Waals surface area contributed by atoms with Crippen LogP contribution in [0, 0.1) is 6.92 Å². The minimum absolute atomic E-state index is 0.101. The molecule has 2 aliphatic rings. The molecule has 0 aromatic heterocycles. The van der Waals surface area contributed by atoms with Crippen molar-refractivity contribution >= 4 is 0 Å². The van der Waals surface area contributed by atoms with Crippen molar-refractivity contribution in [1.29, 1.82) is 0 Å². The van der Waals surface area contributed by atoms with Gasteiger partial charge in [0.2, 0.25) is 0 Å². The molecule has 0 saturated heterocycles. The molecular weight excluding hydrogens is 286 g/mol. The summed E-state index contributed by atoms with van der Waals surface area (Å²) in [6.07, 6.45) is 0. The Kier molecular flexibility index (Phi) is 3.08. The average Bonchev–Trinajstić information content (AvgIpc) is 2.93. The Morgan fingerprint density at radius 3 is 2.04 bits per heavy atom. The van der Waals surface area contributed by atoms with Gasteiger partial charge >= 0.3 is 0 Å². The average molecular weight is 301 g/mol. The Morgan fingerprint density at radius 2 is 1.39 bits per heavy atom. The second-order valence-electron chi connectivity index (χ2n) is 5.44. The van der Waals surface area contributed by atoms with Crippen molar-refractivity contribution in [3.8, 4) is 22.8 Å². The number of aryl methyl sites for hydroxylation is 1. The Morgan fingerprint density at radius 1 is 0.783 bits per heavy atom. The number of fused-ring (bicyclic) bond motifs is 1. The third kappa shape index (κ3) is 2.16. The largest absolute Gasteiger partial charge is 0.297 e. The Labute approximate surface area is 133 Å². The number of hydrogen-bond donors (Lipinski definition) is 0. The van der Waals surface area contributed by atoms with Crippen LogP contribution in [0.1, 0.15) is 5.69 Å². The number of pyridine rings is 1. The predicted octanol–water partition coefficient (Wildman–Crippen LogP) is 3.44. The zero-order valence-electron chi connectivity index (χ0n) is 12.7. The first-order valence-electron chi connectivity index (χ1n) is 7.48. The maximum absolute atomic E-state index is 12.7. The predicted molar refractivity (Wildman–Crippen MR) is 90.5 cm³/mol. The van der Waals surface area contributed by atoms with Crippen molar-refractivity contribution in [3.05, 3.63) is 88.8 Å². The van der Waals surface area contributed by atoms with Crippen molar-refractivity contribution < 1.29 is 0 Å². The molecular formula is C19H15N3O. The summed E-state index contributed by atoms with van der Waals surface area (Å²) in [4.78, 5) is 12.7. The molecule has 2 aliphatic heterocycles. The summed E-state index contributed by atoms with van der Waals surface area (Å²) < 4.78 is 3.47. The minimum atomic E-state index is -0.101. The van der Waals surface area contributed by atoms with E-state index in [0.717, 1.165) is 17.1 Å². The molecule has 0 aliphatic carbocycles. The SMILES string of the molecule is Cc1ccc2c(=O)n(-c3ccccc3)nc-2n1-c1ccccc1. The van der Waals surface area contributed by atoms with E-state index in [1.807, 2.05) is 84.3 Å². The molecule has 23 heavy (non-hydrogen) atoms. The summed E-state index contributed by atoms with van der Waals surface area (Å²) in [6, 6.07) is 23.2. The summed E-state index contributed by atoms with van der Waals surface area (Å²) in [5, 5.41) is 4.59. The number of benzene rings is 2. The lowest BCUT2D eigenvalue weighted by atomic mass is 10.2. The van der Waals surface area contributed by atoms with Gasteiger partial charge in [0.15, 0.2) is 5.82 Å². The van der Waals surface area contributed by atoms with Crippen LogP contribution in [0.3, 0.4) is 0 Å². The molecule has 4 heteroatoms. The molecule has 2 heterocycles. The molecule has 4 rings (SSSR count). The van der Waals surface area contributed by atoms with Gasteiger partial charge in [0.05, 0.1) is 11.3 Å². The fourth-order valence-corrected chi connectivity index (χ4v) is 2.81. The Hall–Kier alpha value is -3.14. The van der Waals surface area contributed by atoms with Crippen LogP contribution in [-0.2, 0) is 0 Å². The molecule has 0 N–H and O–H groups in total. The Balaban J connectivity index is 2.03. The lowest BCUT2D eigenvalue weighted by molar-refractivity contribution is 0.830. The number of aromatic nitrogens is 3. The van der Waals surface area contributed by atoms with E-state index in [-0.39, 0.29) is 5.56 Å². The zero-order chi connectivity index (χ0) is 15.8. The van der Waals surface area contributed by atoms with Gasteiger partial charge in [-0.15, -0.1) is 5.10 Å². The van der Waals surface area contributed by atoms with Crippen LogP contribution >= 0.6 is 0 Å². The maximum Gasteiger partial charge on any atom is 0.282 e. The van der Waals surface area contributed by atoms with Crippen molar-refractivity contribution in [2.24, 2.45) is 0 Å². The summed E-state index contributed by atoms with van der Waals surface area (Å²) in [7, 11) is 0. The molecule has 0 atom stereocenters. The van der Waals surface area contributed by atoms with Gasteiger partial charge in [-0.3, -0.25) is 9.36 Å². The number of rotatable bonds is 2. The number of para-hydroxylation sites is 2. The lowest BCUT2D eigenvalue weighted by Crippen LogP contribution is -2.14. The molecule has 2 aromatic carbocycles. The summed E-state index contributed by atoms with van der Waals surface area (Å²) in [5.74, 6) is 0.671. The second-order valence-corrected chi connectivity index (χ2v) is 5.44. The van der Waals surface area contributed by atoms with Crippen LogP contribution in [0.25, 0.3) is 22.8 Å². The van der Waals surface area contributed by atoms with Crippen molar-refractivity contribution in [2.75, 3.05) is 0 Å². The summed E-state index contributed by atoms with van der Waals surface area (Å²) in [6.45, 7) is 2.01. The van der Waals surface area contributed by atoms with E-state index >= 15 is 0 Å². The Bertz CT molecular complexity index is 984. The zero-order valence-corrected chi connectivity index (χ0v) is 12.7. The van der Waals surface area contributed by atoms with E-state index in [4.69, 9.17) is 0 Å². The monoisotopic (exact) mass is 301 g/mol. The molecule has 0 spiro atoms. The molecule has 0 saturated carbocycles. The van der Waals surface area contributed by atoms with E-state index in [1.165, 1.54) is 4.68 Å². The quantitative estimate of drug-likeness (QED) is 0.569. The normalized spacial score (nSPS) is 11.0. The molecule has 0 fully saturated rings. The first-order chi connectivity index (χ1) is 11.3. The fourth-order valence-electron chi connectivity index (χ4n) is 2.81. The lowest BCUT2D eigenvalue weighted by Gasteiger charge is -2.14. The van der Waals surface area contributed by atoms with Crippen LogP contribution in [-0.4, -0.2) is 14.3 Å². The number of nitrogens with zero attached hydrogens (tertiary/aromatic N) is 3. The smallest absolute Gasteiger partial charge is 0.282 e. The van der Waals surface area contributed by atoms with Crippen LogP contribution in [0.15, 0.2) is 77.6 Å². The maximum atomic E-state index is 12.7. The molecule has 4 nitrogen and oxygen atoms in total. The molecule has 2 aromatic rings. The fraction of sp³-hybridized carbons (Fsp3) is 0.0526. The highest BCUT2D eigenvalue weighted by Crippen LogP contribution is 2.23. The highest BCUT2D eigenvalue weighted by atomic mass is 16.1. The van der Waals surface area contributed by atoms with Gasteiger partial charge in [-0.05, 0) is 43.3 Å². The minimum Gasteiger partial charge on any atom is -0.297 e. The van der Waals surface area contributed by atoms with Gasteiger partial charge < -0.3 is 0 Å². The highest BCUT2D eigenvalue weighted by Gasteiger charge is 2.20. The molecule has 0 amide bonds. The number of hydrogen-bond acceptors (Lipinski definition) is 2. The van der Waals surface area contributed by atoms with Gasteiger partial charge in [-0.25, -0.2) is 0 Å². The van der Waals surface area contributed by atoms with Crippen molar-refractivity contribution in [1.82, 2.24) is 14.3 Å². The summed E-state index contributed by atoms with van der Waals surface area (Å²) >= 11 is 0. The standard InChI is InChI=1S/C19H15N3O/c1-14-12-13-17-18(21(14)15-8-4-2-5-9-15)20-22(19(17)23)16-10-6-3-7-11-16/h2-13H,1H3. The van der Waals surface area contributed by atoms with Crippen LogP contribution in [0.2, 0.25) is 0 Å². The molecule has 0 radical (unpaired) electrons. The first kappa shape index (κ1) is 13.5. The highest BCUT2D eigenvalue weighted by molar-refractivity contribution is 5.61. The topological polar surface area (TPSA) is 39.8 Å².